The number of hydrogen-bond acceptors (Lipinski definition) is 2. The molecule has 2 aromatic rings. The quantitative estimate of drug-likeness (QED) is 0.870. The third kappa shape index (κ3) is 3.96. The predicted octanol–water partition coefficient (Wildman–Crippen LogP) is 4.73. The van der Waals surface area contributed by atoms with Crippen LogP contribution in [0.2, 0.25) is 5.02 Å². The van der Waals surface area contributed by atoms with Gasteiger partial charge in [-0.15, -0.1) is 0 Å². The molecule has 0 saturated carbocycles. The maximum atomic E-state index is 9.47. The van der Waals surface area contributed by atoms with E-state index in [9.17, 15) is 5.11 Å². The van der Waals surface area contributed by atoms with Gasteiger partial charge in [0.2, 0.25) is 0 Å². The Labute approximate surface area is 126 Å². The van der Waals surface area contributed by atoms with Crippen LogP contribution in [0.5, 0.6) is 5.75 Å². The number of rotatable bonds is 4. The van der Waals surface area contributed by atoms with E-state index in [1.165, 1.54) is 0 Å². The fourth-order valence-electron chi connectivity index (χ4n) is 1.68. The second-order valence-corrected chi connectivity index (χ2v) is 5.61. The van der Waals surface area contributed by atoms with Gasteiger partial charge in [0.25, 0.3) is 0 Å². The molecular weight excluding hydrogens is 328 g/mol. The summed E-state index contributed by atoms with van der Waals surface area (Å²) in [7, 11) is 0. The first-order chi connectivity index (χ1) is 9.06. The van der Waals surface area contributed by atoms with E-state index in [-0.39, 0.29) is 0 Å². The van der Waals surface area contributed by atoms with Gasteiger partial charge in [-0.05, 0) is 42.3 Å². The lowest BCUT2D eigenvalue weighted by Crippen LogP contribution is -1.97. The van der Waals surface area contributed by atoms with Gasteiger partial charge in [-0.2, -0.15) is 0 Å². The van der Waals surface area contributed by atoms with Crippen molar-refractivity contribution in [1.29, 1.82) is 0 Å². The number of halogens is 2. The van der Waals surface area contributed by atoms with Gasteiger partial charge in [0.1, 0.15) is 12.4 Å². The summed E-state index contributed by atoms with van der Waals surface area (Å²) >= 11 is 9.54. The second-order valence-electron chi connectivity index (χ2n) is 4.28. The molecule has 100 valence electrons. The van der Waals surface area contributed by atoms with E-state index in [0.717, 1.165) is 15.6 Å². The fraction of sp³-hybridized carbons (Fsp3) is 0.200. The number of hydrogen-bond donors (Lipinski definition) is 1. The van der Waals surface area contributed by atoms with Gasteiger partial charge in [0.05, 0.1) is 11.1 Å². The molecule has 1 atom stereocenters. The molecule has 2 nitrogen and oxygen atoms in total. The highest BCUT2D eigenvalue weighted by Gasteiger charge is 2.07. The lowest BCUT2D eigenvalue weighted by Gasteiger charge is -2.11. The van der Waals surface area contributed by atoms with E-state index in [1.54, 1.807) is 19.1 Å². The van der Waals surface area contributed by atoms with Gasteiger partial charge in [-0.25, -0.2) is 0 Å². The first-order valence-electron chi connectivity index (χ1n) is 5.91. The highest BCUT2D eigenvalue weighted by atomic mass is 79.9. The van der Waals surface area contributed by atoms with Crippen molar-refractivity contribution < 1.29 is 9.84 Å². The van der Waals surface area contributed by atoms with Crippen molar-refractivity contribution in [2.75, 3.05) is 0 Å². The van der Waals surface area contributed by atoms with Gasteiger partial charge in [0, 0.05) is 4.47 Å². The summed E-state index contributed by atoms with van der Waals surface area (Å²) in [4.78, 5) is 0. The van der Waals surface area contributed by atoms with Gasteiger partial charge < -0.3 is 9.84 Å². The number of aliphatic hydroxyl groups excluding tert-OH is 1. The number of benzene rings is 2. The molecular formula is C15H14BrClO2. The van der Waals surface area contributed by atoms with E-state index in [4.69, 9.17) is 16.3 Å². The largest absolute Gasteiger partial charge is 0.487 e. The highest BCUT2D eigenvalue weighted by Crippen LogP contribution is 2.28. The smallest absolute Gasteiger partial charge is 0.138 e. The van der Waals surface area contributed by atoms with E-state index < -0.39 is 6.10 Å². The van der Waals surface area contributed by atoms with Crippen molar-refractivity contribution in [2.24, 2.45) is 0 Å². The Bertz CT molecular complexity index is 570. The average molecular weight is 342 g/mol. The summed E-state index contributed by atoms with van der Waals surface area (Å²) in [5.41, 5.74) is 1.84. The van der Waals surface area contributed by atoms with Crippen molar-refractivity contribution in [3.05, 3.63) is 63.1 Å². The molecule has 0 aliphatic rings. The molecule has 2 rings (SSSR count). The van der Waals surface area contributed by atoms with Crippen molar-refractivity contribution in [2.45, 2.75) is 19.6 Å². The molecule has 0 fully saturated rings. The summed E-state index contributed by atoms with van der Waals surface area (Å²) in [5, 5.41) is 9.98. The topological polar surface area (TPSA) is 29.5 Å². The normalized spacial score (nSPS) is 12.2. The van der Waals surface area contributed by atoms with Crippen LogP contribution >= 0.6 is 27.5 Å². The van der Waals surface area contributed by atoms with Crippen LogP contribution < -0.4 is 4.74 Å². The molecule has 0 aliphatic carbocycles. The Morgan fingerprint density at radius 2 is 2.05 bits per heavy atom. The third-order valence-corrected chi connectivity index (χ3v) is 3.51. The molecule has 0 spiro atoms. The Morgan fingerprint density at radius 1 is 1.26 bits per heavy atom. The zero-order valence-electron chi connectivity index (χ0n) is 10.4. The van der Waals surface area contributed by atoms with Crippen LogP contribution in [0.3, 0.4) is 0 Å². The molecule has 19 heavy (non-hydrogen) atoms. The van der Waals surface area contributed by atoms with Crippen LogP contribution in [0.4, 0.5) is 0 Å². The Morgan fingerprint density at radius 3 is 2.68 bits per heavy atom. The monoisotopic (exact) mass is 340 g/mol. The molecule has 0 bridgehead atoms. The summed E-state index contributed by atoms with van der Waals surface area (Å²) in [6.07, 6.45) is -0.531. The Kier molecular flexibility index (Phi) is 4.86. The molecule has 1 N–H and O–H groups in total. The fourth-order valence-corrected chi connectivity index (χ4v) is 2.37. The molecule has 1 unspecified atom stereocenters. The first-order valence-corrected chi connectivity index (χ1v) is 7.08. The van der Waals surface area contributed by atoms with E-state index in [0.29, 0.717) is 17.4 Å². The van der Waals surface area contributed by atoms with Crippen LogP contribution in [0.25, 0.3) is 0 Å². The van der Waals surface area contributed by atoms with Crippen molar-refractivity contribution in [1.82, 2.24) is 0 Å². The summed E-state index contributed by atoms with van der Waals surface area (Å²) in [6, 6.07) is 13.2. The van der Waals surface area contributed by atoms with E-state index >= 15 is 0 Å². The minimum atomic E-state index is -0.531. The van der Waals surface area contributed by atoms with Gasteiger partial charge in [0.15, 0.2) is 0 Å². The van der Waals surface area contributed by atoms with Crippen LogP contribution in [0.1, 0.15) is 24.2 Å². The summed E-state index contributed by atoms with van der Waals surface area (Å²) < 4.78 is 6.70. The average Bonchev–Trinajstić information content (AvgIpc) is 2.37. The summed E-state index contributed by atoms with van der Waals surface area (Å²) in [5.74, 6) is 0.617. The zero-order valence-corrected chi connectivity index (χ0v) is 12.8. The predicted molar refractivity (Wildman–Crippen MR) is 80.6 cm³/mol. The molecule has 0 radical (unpaired) electrons. The molecule has 0 aromatic heterocycles. The second kappa shape index (κ2) is 6.42. The van der Waals surface area contributed by atoms with Crippen LogP contribution in [-0.2, 0) is 6.61 Å². The molecule has 0 aliphatic heterocycles. The minimum absolute atomic E-state index is 0.452. The van der Waals surface area contributed by atoms with Crippen LogP contribution in [-0.4, -0.2) is 5.11 Å². The molecule has 0 saturated heterocycles. The van der Waals surface area contributed by atoms with E-state index in [2.05, 4.69) is 15.9 Å². The van der Waals surface area contributed by atoms with E-state index in [1.807, 2.05) is 30.3 Å². The van der Waals surface area contributed by atoms with Gasteiger partial charge in [-0.3, -0.25) is 0 Å². The Hall–Kier alpha value is -1.03. The Balaban J connectivity index is 2.07. The summed E-state index contributed by atoms with van der Waals surface area (Å²) in [6.45, 7) is 2.15. The lowest BCUT2D eigenvalue weighted by atomic mass is 10.1. The van der Waals surface area contributed by atoms with Crippen molar-refractivity contribution in [3.8, 4) is 5.75 Å². The maximum Gasteiger partial charge on any atom is 0.138 e. The molecule has 4 heteroatoms. The lowest BCUT2D eigenvalue weighted by molar-refractivity contribution is 0.199. The molecule has 2 aromatic carbocycles. The minimum Gasteiger partial charge on any atom is -0.487 e. The van der Waals surface area contributed by atoms with Gasteiger partial charge in [-0.1, -0.05) is 45.7 Å². The highest BCUT2D eigenvalue weighted by molar-refractivity contribution is 9.10. The first kappa shape index (κ1) is 14.4. The molecule has 0 amide bonds. The van der Waals surface area contributed by atoms with Crippen molar-refractivity contribution in [3.63, 3.8) is 0 Å². The number of ether oxygens (including phenoxy) is 1. The van der Waals surface area contributed by atoms with Crippen molar-refractivity contribution >= 4 is 27.5 Å². The van der Waals surface area contributed by atoms with Crippen LogP contribution in [0, 0.1) is 0 Å². The van der Waals surface area contributed by atoms with Crippen LogP contribution in [0.15, 0.2) is 46.9 Å². The number of aliphatic hydroxyl groups is 1. The third-order valence-electron chi connectivity index (χ3n) is 2.72. The zero-order chi connectivity index (χ0) is 13.8. The standard InChI is InChI=1S/C15H14BrClO2/c1-10(18)12-5-6-15(14(17)8-12)19-9-11-3-2-4-13(16)7-11/h2-8,10,18H,9H2,1H3. The van der Waals surface area contributed by atoms with Gasteiger partial charge >= 0.3 is 0 Å². The maximum absolute atomic E-state index is 9.47. The molecule has 0 heterocycles. The SMILES string of the molecule is CC(O)c1ccc(OCc2cccc(Br)c2)c(Cl)c1.